The van der Waals surface area contributed by atoms with Crippen LogP contribution in [0, 0.1) is 5.92 Å². The molecular weight excluding hydrogens is 436 g/mol. The topological polar surface area (TPSA) is 115 Å². The molecule has 3 aliphatic heterocycles. The number of nitrogens with one attached hydrogen (secondary N) is 1. The Morgan fingerprint density at radius 2 is 1.85 bits per heavy atom. The van der Waals surface area contributed by atoms with Crippen LogP contribution in [0.4, 0.5) is 5.69 Å². The van der Waals surface area contributed by atoms with Crippen LogP contribution in [0.5, 0.6) is 0 Å². The molecule has 6 rings (SSSR count). The normalized spacial score (nSPS) is 25.3. The number of fused-ring (bicyclic) bond motifs is 3. The highest BCUT2D eigenvalue weighted by Gasteiger charge is 2.51. The van der Waals surface area contributed by atoms with E-state index in [1.165, 1.54) is 18.9 Å². The first-order valence-corrected chi connectivity index (χ1v) is 11.4. The molecule has 9 heteroatoms. The first-order valence-electron chi connectivity index (χ1n) is 11.4. The first-order chi connectivity index (χ1) is 16.5. The lowest BCUT2D eigenvalue weighted by atomic mass is 9.82. The molecule has 1 unspecified atom stereocenters. The number of furan rings is 1. The van der Waals surface area contributed by atoms with Crippen molar-refractivity contribution in [2.45, 2.75) is 24.5 Å². The summed E-state index contributed by atoms with van der Waals surface area (Å²) in [5.41, 5.74) is -0.696. The second-order valence-corrected chi connectivity index (χ2v) is 9.17. The van der Waals surface area contributed by atoms with Crippen molar-refractivity contribution in [2.24, 2.45) is 5.92 Å². The molecule has 3 saturated heterocycles. The van der Waals surface area contributed by atoms with E-state index in [-0.39, 0.29) is 24.5 Å². The molecule has 2 atom stereocenters. The molecule has 0 radical (unpaired) electrons. The number of anilines is 1. The fourth-order valence-electron chi connectivity index (χ4n) is 5.22. The number of esters is 1. The van der Waals surface area contributed by atoms with E-state index in [1.807, 2.05) is 6.07 Å². The molecule has 0 saturated carbocycles. The summed E-state index contributed by atoms with van der Waals surface area (Å²) in [4.78, 5) is 34.1. The molecule has 1 amide bonds. The minimum absolute atomic E-state index is 0.126. The Balaban J connectivity index is 1.32. The number of hydrogen-bond acceptors (Lipinski definition) is 7. The van der Waals surface area contributed by atoms with Gasteiger partial charge in [-0.1, -0.05) is 30.3 Å². The molecule has 1 aromatic carbocycles. The van der Waals surface area contributed by atoms with Crippen LogP contribution in [-0.2, 0) is 19.9 Å². The third kappa shape index (κ3) is 4.20. The van der Waals surface area contributed by atoms with Gasteiger partial charge in [-0.05, 0) is 11.6 Å². The van der Waals surface area contributed by atoms with Gasteiger partial charge in [-0.15, -0.1) is 0 Å². The molecule has 176 valence electrons. The standard InChI is InChI=1S/C25H26N4O5/c30-23(28-21-12-26-17-27-13-21)15-29-9-6-18(7-10-29)22(14-29)34-24(31)25(32,20-8-11-33-16-20)19-4-2-1-3-5-19/h1-5,8,11-13,16-18,22,32H,6-7,9-10,14-15H2/p+1/t18?,22-,25?,29?/m0/s1. The van der Waals surface area contributed by atoms with Crippen LogP contribution in [-0.4, -0.2) is 63.7 Å². The third-order valence-electron chi connectivity index (χ3n) is 7.05. The largest absolute Gasteiger partial charge is 0.472 e. The van der Waals surface area contributed by atoms with Gasteiger partial charge < -0.3 is 24.1 Å². The van der Waals surface area contributed by atoms with Gasteiger partial charge in [0, 0.05) is 24.3 Å². The van der Waals surface area contributed by atoms with Crippen LogP contribution in [0.25, 0.3) is 0 Å². The second-order valence-electron chi connectivity index (χ2n) is 9.17. The molecule has 2 bridgehead atoms. The highest BCUT2D eigenvalue weighted by Crippen LogP contribution is 2.38. The smallest absolute Gasteiger partial charge is 0.348 e. The lowest BCUT2D eigenvalue weighted by Crippen LogP contribution is -2.66. The number of benzene rings is 1. The first kappa shape index (κ1) is 22.2. The molecule has 2 N–H and O–H groups in total. The van der Waals surface area contributed by atoms with Gasteiger partial charge >= 0.3 is 5.97 Å². The summed E-state index contributed by atoms with van der Waals surface area (Å²) in [6.07, 6.45) is 8.62. The zero-order valence-electron chi connectivity index (χ0n) is 18.7. The molecule has 2 aromatic heterocycles. The number of quaternary nitrogens is 1. The SMILES string of the molecule is O=C(C[N+]12CCC(CC1)[C@@H](OC(=O)C(O)(c1ccccc1)c1ccoc1)C2)Nc1cncnc1. The Bertz CT molecular complexity index is 1130. The van der Waals surface area contributed by atoms with Crippen LogP contribution in [0.1, 0.15) is 24.0 Å². The molecule has 0 spiro atoms. The van der Waals surface area contributed by atoms with Crippen LogP contribution in [0.2, 0.25) is 0 Å². The summed E-state index contributed by atoms with van der Waals surface area (Å²) >= 11 is 0. The highest BCUT2D eigenvalue weighted by molar-refractivity contribution is 5.91. The van der Waals surface area contributed by atoms with E-state index < -0.39 is 11.6 Å². The summed E-state index contributed by atoms with van der Waals surface area (Å²) in [7, 11) is 0. The third-order valence-corrected chi connectivity index (χ3v) is 7.05. The zero-order valence-corrected chi connectivity index (χ0v) is 18.7. The Morgan fingerprint density at radius 3 is 2.53 bits per heavy atom. The maximum atomic E-state index is 13.5. The van der Waals surface area contributed by atoms with Crippen LogP contribution < -0.4 is 5.32 Å². The summed E-state index contributed by atoms with van der Waals surface area (Å²) < 4.78 is 11.7. The van der Waals surface area contributed by atoms with Gasteiger partial charge in [0.15, 0.2) is 12.6 Å². The van der Waals surface area contributed by atoms with Crippen molar-refractivity contribution in [1.29, 1.82) is 0 Å². The Kier molecular flexibility index (Phi) is 5.89. The summed E-state index contributed by atoms with van der Waals surface area (Å²) in [6.45, 7) is 2.51. The summed E-state index contributed by atoms with van der Waals surface area (Å²) in [5.74, 6) is -0.652. The number of carbonyl (C=O) groups is 2. The minimum Gasteiger partial charge on any atom is -0.472 e. The quantitative estimate of drug-likeness (QED) is 0.407. The number of aliphatic hydroxyl groups is 1. The second kappa shape index (κ2) is 9.00. The van der Waals surface area contributed by atoms with Crippen molar-refractivity contribution in [3.63, 3.8) is 0 Å². The molecule has 3 aliphatic rings. The minimum atomic E-state index is -1.98. The maximum Gasteiger partial charge on any atom is 0.348 e. The molecule has 9 nitrogen and oxygen atoms in total. The number of carbonyl (C=O) groups excluding carboxylic acids is 2. The van der Waals surface area contributed by atoms with E-state index in [9.17, 15) is 14.7 Å². The van der Waals surface area contributed by atoms with E-state index in [2.05, 4.69) is 15.3 Å². The number of ether oxygens (including phenoxy) is 1. The van der Waals surface area contributed by atoms with E-state index in [0.29, 0.717) is 27.8 Å². The molecule has 3 aromatic rings. The molecule has 34 heavy (non-hydrogen) atoms. The summed E-state index contributed by atoms with van der Waals surface area (Å²) in [5, 5.41) is 14.4. The van der Waals surface area contributed by atoms with E-state index >= 15 is 0 Å². The Hall–Kier alpha value is -3.56. The average Bonchev–Trinajstić information content (AvgIpc) is 3.40. The van der Waals surface area contributed by atoms with Crippen molar-refractivity contribution in [1.82, 2.24) is 9.97 Å². The van der Waals surface area contributed by atoms with Crippen molar-refractivity contribution in [3.05, 3.63) is 78.8 Å². The number of aromatic nitrogens is 2. The Labute approximate surface area is 197 Å². The molecular formula is C25H27N4O5+. The van der Waals surface area contributed by atoms with Crippen LogP contribution in [0.15, 0.2) is 72.1 Å². The lowest BCUT2D eigenvalue weighted by molar-refractivity contribution is -0.939. The number of piperidine rings is 3. The van der Waals surface area contributed by atoms with E-state index in [1.54, 1.807) is 42.7 Å². The van der Waals surface area contributed by atoms with Crippen LogP contribution in [0.3, 0.4) is 0 Å². The zero-order chi connectivity index (χ0) is 23.6. The summed E-state index contributed by atoms with van der Waals surface area (Å²) in [6, 6.07) is 10.3. The predicted molar refractivity (Wildman–Crippen MR) is 121 cm³/mol. The monoisotopic (exact) mass is 463 g/mol. The predicted octanol–water partition coefficient (Wildman–Crippen LogP) is 2.10. The fraction of sp³-hybridized carbons (Fsp3) is 0.360. The molecule has 0 aliphatic carbocycles. The van der Waals surface area contributed by atoms with Crippen molar-refractivity contribution in [2.75, 3.05) is 31.5 Å². The lowest BCUT2D eigenvalue weighted by Gasteiger charge is -2.51. The maximum absolute atomic E-state index is 13.5. The number of nitrogens with zero attached hydrogens (tertiary/aromatic N) is 3. The van der Waals surface area contributed by atoms with E-state index in [0.717, 1.165) is 25.9 Å². The van der Waals surface area contributed by atoms with E-state index in [4.69, 9.17) is 9.15 Å². The van der Waals surface area contributed by atoms with Gasteiger partial charge in [-0.3, -0.25) is 4.79 Å². The molecule has 3 fully saturated rings. The van der Waals surface area contributed by atoms with Gasteiger partial charge in [0.25, 0.3) is 5.91 Å². The number of rotatable bonds is 7. The van der Waals surface area contributed by atoms with Crippen molar-refractivity contribution in [3.8, 4) is 0 Å². The highest BCUT2D eigenvalue weighted by atomic mass is 16.6. The molecule has 5 heterocycles. The number of hydrogen-bond donors (Lipinski definition) is 2. The fourth-order valence-corrected chi connectivity index (χ4v) is 5.22. The number of amides is 1. The van der Waals surface area contributed by atoms with Gasteiger partial charge in [-0.25, -0.2) is 14.8 Å². The van der Waals surface area contributed by atoms with Gasteiger partial charge in [0.2, 0.25) is 5.60 Å². The van der Waals surface area contributed by atoms with Gasteiger partial charge in [0.05, 0.1) is 43.7 Å². The van der Waals surface area contributed by atoms with Crippen molar-refractivity contribution >= 4 is 17.6 Å². The average molecular weight is 464 g/mol. The van der Waals surface area contributed by atoms with Crippen LogP contribution >= 0.6 is 0 Å². The van der Waals surface area contributed by atoms with Gasteiger partial charge in [-0.2, -0.15) is 0 Å². The van der Waals surface area contributed by atoms with Crippen molar-refractivity contribution < 1.29 is 28.3 Å². The Morgan fingerprint density at radius 1 is 1.12 bits per heavy atom. The van der Waals surface area contributed by atoms with Gasteiger partial charge in [0.1, 0.15) is 12.9 Å².